The molecule has 2 aliphatic carbocycles. The molecule has 155 valence electrons. The third-order valence-electron chi connectivity index (χ3n) is 5.70. The molecule has 4 heteroatoms. The van der Waals surface area contributed by atoms with E-state index in [2.05, 4.69) is 73.8 Å². The molecule has 30 heavy (non-hydrogen) atoms. The van der Waals surface area contributed by atoms with E-state index in [1.54, 1.807) is 22.3 Å². The summed E-state index contributed by atoms with van der Waals surface area (Å²) < 4.78 is 0. The topological polar surface area (TPSA) is 0 Å². The molecule has 0 nitrogen and oxygen atoms in total. The fourth-order valence-corrected chi connectivity index (χ4v) is 4.41. The summed E-state index contributed by atoms with van der Waals surface area (Å²) in [5, 5.41) is 5.65. The number of hydrogen-bond acceptors (Lipinski definition) is 0. The molecule has 6 rings (SSSR count). The predicted molar refractivity (Wildman–Crippen MR) is 122 cm³/mol. The van der Waals surface area contributed by atoms with E-state index in [1.807, 2.05) is 0 Å². The summed E-state index contributed by atoms with van der Waals surface area (Å²) in [6.45, 7) is 4.42. The Morgan fingerprint density at radius 1 is 0.633 bits per heavy atom. The largest absolute Gasteiger partial charge is 4.00 e. The minimum absolute atomic E-state index is 0. The number of fused-ring (bicyclic) bond motifs is 4. The zero-order valence-corrected chi connectivity index (χ0v) is 24.1. The van der Waals surface area contributed by atoms with Gasteiger partial charge in [0, 0.05) is 9.52 Å². The van der Waals surface area contributed by atoms with Gasteiger partial charge >= 0.3 is 25.8 Å². The maximum Gasteiger partial charge on any atom is 4.00 e. The third-order valence-corrected chi connectivity index (χ3v) is 5.70. The third kappa shape index (κ3) is 6.19. The summed E-state index contributed by atoms with van der Waals surface area (Å²) >= 11 is 0. The first kappa shape index (κ1) is 27.4. The predicted octanol–water partition coefficient (Wildman–Crippen LogP) is 0.619. The summed E-state index contributed by atoms with van der Waals surface area (Å²) in [5.41, 5.74) is 6.31. The Morgan fingerprint density at radius 2 is 0.967 bits per heavy atom. The molecule has 0 heterocycles. The molecule has 4 aromatic rings. The van der Waals surface area contributed by atoms with Crippen molar-refractivity contribution in [2.45, 2.75) is 51.6 Å². The number of rotatable bonds is 0. The van der Waals surface area contributed by atoms with Gasteiger partial charge in [-0.25, -0.2) is 0 Å². The summed E-state index contributed by atoms with van der Waals surface area (Å²) in [4.78, 5) is 0. The Labute approximate surface area is 215 Å². The van der Waals surface area contributed by atoms with Crippen LogP contribution in [0, 0.1) is 0 Å². The second-order valence-electron chi connectivity index (χ2n) is 7.84. The van der Waals surface area contributed by atoms with Crippen molar-refractivity contribution in [3.05, 3.63) is 82.9 Å². The number of aryl methyl sites for hydroxylation is 4. The molecule has 0 spiro atoms. The molecule has 0 aromatic heterocycles. The van der Waals surface area contributed by atoms with Crippen molar-refractivity contribution < 1.29 is 50.7 Å². The molecule has 0 saturated heterocycles. The SMILES string of the molecule is C[SiH]C.[Cl-].[Cl-].[Hf+4].c1cc2cc3c(cc2[cH-]1)CCC3.c1cc2cc3c(cc2[cH-]1)CCC3. The van der Waals surface area contributed by atoms with Crippen LogP contribution in [-0.4, -0.2) is 9.52 Å². The van der Waals surface area contributed by atoms with Crippen molar-refractivity contribution in [2.75, 3.05) is 0 Å². The van der Waals surface area contributed by atoms with Crippen molar-refractivity contribution in [1.29, 1.82) is 0 Å². The van der Waals surface area contributed by atoms with E-state index in [4.69, 9.17) is 0 Å². The molecule has 0 fully saturated rings. The van der Waals surface area contributed by atoms with Crippen LogP contribution in [0.2, 0.25) is 13.1 Å². The maximum atomic E-state index is 2.36. The van der Waals surface area contributed by atoms with Crippen LogP contribution >= 0.6 is 0 Å². The van der Waals surface area contributed by atoms with Gasteiger partial charge in [-0.2, -0.15) is 24.3 Å². The van der Waals surface area contributed by atoms with Crippen molar-refractivity contribution in [2.24, 2.45) is 0 Å². The second-order valence-corrected chi connectivity index (χ2v) is 8.99. The second kappa shape index (κ2) is 13.0. The van der Waals surface area contributed by atoms with Gasteiger partial charge in [-0.15, -0.1) is 57.9 Å². The first-order valence-electron chi connectivity index (χ1n) is 10.4. The fourth-order valence-electron chi connectivity index (χ4n) is 4.41. The van der Waals surface area contributed by atoms with E-state index in [0.29, 0.717) is 0 Å². The van der Waals surface area contributed by atoms with Gasteiger partial charge in [0.25, 0.3) is 0 Å². The summed E-state index contributed by atoms with van der Waals surface area (Å²) in [5.74, 6) is 0. The fraction of sp³-hybridized carbons (Fsp3) is 0.308. The normalized spacial score (nSPS) is 12.9. The Hall–Kier alpha value is -0.673. The van der Waals surface area contributed by atoms with E-state index in [1.165, 1.54) is 60.1 Å². The first-order valence-corrected chi connectivity index (χ1v) is 12.7. The van der Waals surface area contributed by atoms with Crippen molar-refractivity contribution in [3.63, 3.8) is 0 Å². The van der Waals surface area contributed by atoms with Crippen molar-refractivity contribution >= 4 is 31.1 Å². The van der Waals surface area contributed by atoms with E-state index in [9.17, 15) is 0 Å². The maximum absolute atomic E-state index is 2.36. The summed E-state index contributed by atoms with van der Waals surface area (Å²) in [6, 6.07) is 22.5. The van der Waals surface area contributed by atoms with Crippen molar-refractivity contribution in [3.8, 4) is 0 Å². The molecular formula is C26H29Cl2HfSi. The average Bonchev–Trinajstić information content (AvgIpc) is 3.44. The zero-order valence-electron chi connectivity index (χ0n) is 17.8. The van der Waals surface area contributed by atoms with E-state index in [0.717, 1.165) is 9.52 Å². The van der Waals surface area contributed by atoms with Crippen LogP contribution in [0.4, 0.5) is 0 Å². The van der Waals surface area contributed by atoms with Gasteiger partial charge in [-0.1, -0.05) is 35.3 Å². The van der Waals surface area contributed by atoms with Crippen LogP contribution < -0.4 is 24.8 Å². The monoisotopic (exact) mass is 619 g/mol. The van der Waals surface area contributed by atoms with Crippen LogP contribution in [0.15, 0.2) is 60.7 Å². The molecule has 0 N–H and O–H groups in total. The van der Waals surface area contributed by atoms with Crippen LogP contribution in [-0.2, 0) is 51.5 Å². The Balaban J connectivity index is 0.000000244. The van der Waals surface area contributed by atoms with Crippen LogP contribution in [0.5, 0.6) is 0 Å². The Kier molecular flexibility index (Phi) is 11.9. The van der Waals surface area contributed by atoms with E-state index in [-0.39, 0.29) is 50.7 Å². The minimum atomic E-state index is 0. The molecule has 4 aromatic carbocycles. The molecule has 2 aliphatic rings. The molecule has 0 atom stereocenters. The van der Waals surface area contributed by atoms with Gasteiger partial charge in [-0.05, 0) is 38.5 Å². The van der Waals surface area contributed by atoms with Gasteiger partial charge in [0.2, 0.25) is 0 Å². The molecule has 0 bridgehead atoms. The van der Waals surface area contributed by atoms with Gasteiger partial charge < -0.3 is 24.8 Å². The number of benzene rings is 2. The smallest absolute Gasteiger partial charge is 1.00 e. The number of hydrogen-bond donors (Lipinski definition) is 0. The van der Waals surface area contributed by atoms with Crippen LogP contribution in [0.25, 0.3) is 21.5 Å². The quantitative estimate of drug-likeness (QED) is 0.200. The molecule has 0 saturated carbocycles. The van der Waals surface area contributed by atoms with Crippen LogP contribution in [0.3, 0.4) is 0 Å². The summed E-state index contributed by atoms with van der Waals surface area (Å²) in [7, 11) is 0.750. The van der Waals surface area contributed by atoms with E-state index < -0.39 is 0 Å². The molecule has 1 radical (unpaired) electrons. The molecule has 0 aliphatic heterocycles. The van der Waals surface area contributed by atoms with Crippen molar-refractivity contribution in [1.82, 2.24) is 0 Å². The molecule has 0 unspecified atom stereocenters. The van der Waals surface area contributed by atoms with E-state index >= 15 is 0 Å². The van der Waals surface area contributed by atoms with Gasteiger partial charge in [-0.3, -0.25) is 0 Å². The van der Waals surface area contributed by atoms with Gasteiger partial charge in [0.15, 0.2) is 0 Å². The molecular weight excluding hydrogens is 590 g/mol. The minimum Gasteiger partial charge on any atom is -1.00 e. The Morgan fingerprint density at radius 3 is 1.33 bits per heavy atom. The summed E-state index contributed by atoms with van der Waals surface area (Å²) in [6.07, 6.45) is 7.85. The van der Waals surface area contributed by atoms with Gasteiger partial charge in [0.1, 0.15) is 0 Å². The average molecular weight is 619 g/mol. The van der Waals surface area contributed by atoms with Gasteiger partial charge in [0.05, 0.1) is 0 Å². The molecule has 0 amide bonds. The first-order chi connectivity index (χ1) is 13.3. The Bertz CT molecular complexity index is 888. The number of halogens is 2. The standard InChI is InChI=1S/2C12H11.C2H7Si.2ClH.Hf/c2*1-3-9-7-11-5-2-6-12(11)8-10(9)4-1;1-3-2;;;/h2*1,3-4,7-8H,2,5-6H2;3H,1-2H3;2*1H;/q2*-1;;;;+4/p-2. The van der Waals surface area contributed by atoms with Crippen LogP contribution in [0.1, 0.15) is 35.1 Å². The zero-order chi connectivity index (χ0) is 18.6.